The quantitative estimate of drug-likeness (QED) is 0.170. The molecule has 0 saturated carbocycles. The minimum absolute atomic E-state index is 0.0678. The van der Waals surface area contributed by atoms with Crippen molar-refractivity contribution in [3.63, 3.8) is 0 Å². The van der Waals surface area contributed by atoms with Crippen molar-refractivity contribution in [2.75, 3.05) is 9.80 Å². The van der Waals surface area contributed by atoms with E-state index in [2.05, 4.69) is 205 Å². The second-order valence-electron chi connectivity index (χ2n) is 16.9. The lowest BCUT2D eigenvalue weighted by Gasteiger charge is -2.48. The van der Waals surface area contributed by atoms with Gasteiger partial charge in [-0.3, -0.25) is 0 Å². The van der Waals surface area contributed by atoms with E-state index in [1.54, 1.807) is 5.57 Å². The standard InChI is InChI=1S/C52H50N2/c1-33-17-9-13-21-45(33)53(46-22-14-10-18-34(46)2)39-27-25-37-29-43-49(41(37)31-39)51(5,6)44-30-38-26-28-40(32-42(38)50(44)52(43,7)8)54(47-23-15-11-19-35(47)3)48-24-16-12-20-36(48)4/h9-29,31-32,49H,30H2,1-8H3. The SMILES string of the molecule is Cc1ccccc1N(c1ccc2c(c1)C1=C(C2)C(C)(C)C2C(=Cc3ccc(N(c4ccccc4C)c4ccccc4C)cc32)C1(C)C)c1ccccc1C. The zero-order chi connectivity index (χ0) is 37.5. The van der Waals surface area contributed by atoms with Crippen LogP contribution in [0, 0.1) is 38.5 Å². The molecule has 268 valence electrons. The fourth-order valence-corrected chi connectivity index (χ4v) is 10.0. The fraction of sp³-hybridized carbons (Fsp3) is 0.231. The van der Waals surface area contributed by atoms with Crippen molar-refractivity contribution in [1.29, 1.82) is 0 Å². The summed E-state index contributed by atoms with van der Waals surface area (Å²) < 4.78 is 0. The summed E-state index contributed by atoms with van der Waals surface area (Å²) >= 11 is 0. The molecule has 9 rings (SSSR count). The van der Waals surface area contributed by atoms with E-state index in [4.69, 9.17) is 0 Å². The number of anilines is 6. The summed E-state index contributed by atoms with van der Waals surface area (Å²) in [5.41, 5.74) is 22.5. The van der Waals surface area contributed by atoms with Crippen LogP contribution in [0.3, 0.4) is 0 Å². The minimum Gasteiger partial charge on any atom is -0.310 e. The summed E-state index contributed by atoms with van der Waals surface area (Å²) in [6, 6.07) is 49.6. The van der Waals surface area contributed by atoms with Gasteiger partial charge in [-0.2, -0.15) is 0 Å². The number of fused-ring (bicyclic) bond motifs is 5. The van der Waals surface area contributed by atoms with Gasteiger partial charge in [0.1, 0.15) is 0 Å². The van der Waals surface area contributed by atoms with Crippen molar-refractivity contribution >= 4 is 45.8 Å². The molecule has 0 radical (unpaired) electrons. The molecule has 0 heterocycles. The average Bonchev–Trinajstić information content (AvgIpc) is 3.76. The molecule has 0 fully saturated rings. The lowest BCUT2D eigenvalue weighted by atomic mass is 9.55. The molecule has 0 saturated heterocycles. The summed E-state index contributed by atoms with van der Waals surface area (Å²) in [6.45, 7) is 18.9. The Bertz CT molecular complexity index is 2450. The minimum atomic E-state index is -0.138. The molecule has 0 aliphatic heterocycles. The molecule has 54 heavy (non-hydrogen) atoms. The molecule has 0 N–H and O–H groups in total. The molecule has 6 aromatic carbocycles. The maximum atomic E-state index is 2.54. The Morgan fingerprint density at radius 2 is 0.963 bits per heavy atom. The van der Waals surface area contributed by atoms with Crippen LogP contribution in [0.2, 0.25) is 0 Å². The highest BCUT2D eigenvalue weighted by Gasteiger charge is 2.54. The first-order chi connectivity index (χ1) is 26.0. The number of hydrogen-bond acceptors (Lipinski definition) is 2. The largest absolute Gasteiger partial charge is 0.310 e. The number of allylic oxidation sites excluding steroid dienone is 3. The molecule has 0 amide bonds. The molecule has 3 aliphatic rings. The van der Waals surface area contributed by atoms with Crippen molar-refractivity contribution in [2.45, 2.75) is 67.7 Å². The summed E-state index contributed by atoms with van der Waals surface area (Å²) in [6.07, 6.45) is 3.53. The number of hydrogen-bond donors (Lipinski definition) is 0. The topological polar surface area (TPSA) is 6.48 Å². The zero-order valence-corrected chi connectivity index (χ0v) is 33.0. The second-order valence-corrected chi connectivity index (χ2v) is 16.9. The van der Waals surface area contributed by atoms with Gasteiger partial charge in [0.25, 0.3) is 0 Å². The van der Waals surface area contributed by atoms with Crippen LogP contribution >= 0.6 is 0 Å². The van der Waals surface area contributed by atoms with Crippen molar-refractivity contribution in [3.8, 4) is 0 Å². The van der Waals surface area contributed by atoms with Gasteiger partial charge in [0.2, 0.25) is 0 Å². The van der Waals surface area contributed by atoms with E-state index in [9.17, 15) is 0 Å². The number of nitrogens with zero attached hydrogens (tertiary/aromatic N) is 2. The molecule has 0 bridgehead atoms. The third kappa shape index (κ3) is 5.14. The van der Waals surface area contributed by atoms with Crippen molar-refractivity contribution in [1.82, 2.24) is 0 Å². The molecule has 3 aliphatic carbocycles. The van der Waals surface area contributed by atoms with E-state index in [0.717, 1.165) is 6.42 Å². The van der Waals surface area contributed by atoms with Gasteiger partial charge in [-0.15, -0.1) is 0 Å². The van der Waals surface area contributed by atoms with Crippen LogP contribution in [0.4, 0.5) is 34.1 Å². The highest BCUT2D eigenvalue weighted by atomic mass is 15.2. The summed E-state index contributed by atoms with van der Waals surface area (Å²) in [4.78, 5) is 4.93. The second kappa shape index (κ2) is 12.5. The van der Waals surface area contributed by atoms with Gasteiger partial charge in [0, 0.05) is 45.5 Å². The Hall–Kier alpha value is -5.60. The summed E-state index contributed by atoms with van der Waals surface area (Å²) in [5.74, 6) is 0.293. The molecule has 2 nitrogen and oxygen atoms in total. The molecular formula is C52H50N2. The third-order valence-corrected chi connectivity index (χ3v) is 12.8. The molecule has 1 unspecified atom stereocenters. The maximum absolute atomic E-state index is 2.54. The molecule has 6 aromatic rings. The lowest BCUT2D eigenvalue weighted by molar-refractivity contribution is 0.328. The smallest absolute Gasteiger partial charge is 0.0490 e. The van der Waals surface area contributed by atoms with Gasteiger partial charge in [0.15, 0.2) is 0 Å². The van der Waals surface area contributed by atoms with Crippen molar-refractivity contribution in [2.24, 2.45) is 10.8 Å². The van der Waals surface area contributed by atoms with Crippen LogP contribution in [0.5, 0.6) is 0 Å². The van der Waals surface area contributed by atoms with E-state index in [-0.39, 0.29) is 10.8 Å². The van der Waals surface area contributed by atoms with Gasteiger partial charge >= 0.3 is 0 Å². The van der Waals surface area contributed by atoms with Crippen LogP contribution in [-0.2, 0) is 6.42 Å². The Kier molecular flexibility index (Phi) is 7.91. The van der Waals surface area contributed by atoms with E-state index in [1.807, 2.05) is 0 Å². The molecule has 2 heteroatoms. The maximum Gasteiger partial charge on any atom is 0.0490 e. The van der Waals surface area contributed by atoms with Gasteiger partial charge in [-0.05, 0) is 138 Å². The molecule has 0 spiro atoms. The summed E-state index contributed by atoms with van der Waals surface area (Å²) in [5, 5.41) is 0. The van der Waals surface area contributed by atoms with E-state index in [0.29, 0.717) is 5.92 Å². The predicted octanol–water partition coefficient (Wildman–Crippen LogP) is 14.4. The first-order valence-corrected chi connectivity index (χ1v) is 19.5. The number of benzene rings is 6. The van der Waals surface area contributed by atoms with E-state index < -0.39 is 0 Å². The van der Waals surface area contributed by atoms with Crippen molar-refractivity contribution < 1.29 is 0 Å². The highest BCUT2D eigenvalue weighted by Crippen LogP contribution is 2.67. The van der Waals surface area contributed by atoms with Crippen LogP contribution in [-0.4, -0.2) is 0 Å². The first-order valence-electron chi connectivity index (χ1n) is 19.5. The normalized spacial score (nSPS) is 17.3. The zero-order valence-electron chi connectivity index (χ0n) is 33.0. The van der Waals surface area contributed by atoms with Crippen LogP contribution < -0.4 is 9.80 Å². The highest BCUT2D eigenvalue weighted by molar-refractivity contribution is 5.92. The Labute approximate surface area is 322 Å². The van der Waals surface area contributed by atoms with E-state index >= 15 is 0 Å². The van der Waals surface area contributed by atoms with Gasteiger partial charge in [0.05, 0.1) is 0 Å². The van der Waals surface area contributed by atoms with Gasteiger partial charge in [-0.1, -0.05) is 130 Å². The Morgan fingerprint density at radius 3 is 1.44 bits per heavy atom. The molecule has 0 aromatic heterocycles. The average molecular weight is 703 g/mol. The third-order valence-electron chi connectivity index (χ3n) is 12.8. The molecule has 1 atom stereocenters. The Morgan fingerprint density at radius 1 is 0.519 bits per heavy atom. The first kappa shape index (κ1) is 34.2. The lowest BCUT2D eigenvalue weighted by Crippen LogP contribution is -2.36. The predicted molar refractivity (Wildman–Crippen MR) is 230 cm³/mol. The van der Waals surface area contributed by atoms with Gasteiger partial charge < -0.3 is 9.80 Å². The summed E-state index contributed by atoms with van der Waals surface area (Å²) in [7, 11) is 0. The van der Waals surface area contributed by atoms with Crippen LogP contribution in [0.1, 0.15) is 78.1 Å². The number of aryl methyl sites for hydroxylation is 4. The number of rotatable bonds is 6. The Balaban J connectivity index is 1.17. The van der Waals surface area contributed by atoms with Crippen LogP contribution in [0.25, 0.3) is 11.6 Å². The monoisotopic (exact) mass is 702 g/mol. The molecular weight excluding hydrogens is 653 g/mol. The van der Waals surface area contributed by atoms with Crippen LogP contribution in [0.15, 0.2) is 145 Å². The number of para-hydroxylation sites is 4. The van der Waals surface area contributed by atoms with Crippen molar-refractivity contribution in [3.05, 3.63) is 189 Å². The van der Waals surface area contributed by atoms with Gasteiger partial charge in [-0.25, -0.2) is 0 Å². The van der Waals surface area contributed by atoms with E-state index in [1.165, 1.54) is 89.8 Å². The fourth-order valence-electron chi connectivity index (χ4n) is 10.0.